The number of rotatable bonds is 8. The molecule has 0 aliphatic carbocycles. The summed E-state index contributed by atoms with van der Waals surface area (Å²) in [5, 5.41) is 9.57. The van der Waals surface area contributed by atoms with E-state index in [1.165, 1.54) is 5.56 Å². The van der Waals surface area contributed by atoms with E-state index in [0.717, 1.165) is 16.7 Å². The summed E-state index contributed by atoms with van der Waals surface area (Å²) >= 11 is 4.99. The molecule has 3 aromatic rings. The molecule has 25 heavy (non-hydrogen) atoms. The number of ether oxygens (including phenoxy) is 1. The number of thioether (sulfide) groups is 1. The van der Waals surface area contributed by atoms with Crippen LogP contribution in [0.25, 0.3) is 11.6 Å². The molecule has 0 unspecified atom stereocenters. The van der Waals surface area contributed by atoms with Gasteiger partial charge in [-0.05, 0) is 47.5 Å². The molecular weight excluding hydrogens is 402 g/mol. The summed E-state index contributed by atoms with van der Waals surface area (Å²) in [5.41, 5.74) is 1.19. The van der Waals surface area contributed by atoms with Crippen molar-refractivity contribution in [2.45, 2.75) is 31.7 Å². The van der Waals surface area contributed by atoms with E-state index in [4.69, 9.17) is 9.15 Å². The molecule has 2 heterocycles. The molecule has 7 heteroatoms. The number of benzene rings is 1. The number of hydrogen-bond donors (Lipinski definition) is 0. The van der Waals surface area contributed by atoms with E-state index in [9.17, 15) is 0 Å². The Bertz CT molecular complexity index is 802. The van der Waals surface area contributed by atoms with Gasteiger partial charge in [0.1, 0.15) is 0 Å². The molecule has 0 atom stereocenters. The van der Waals surface area contributed by atoms with Gasteiger partial charge in [0.05, 0.1) is 19.3 Å². The van der Waals surface area contributed by atoms with Crippen molar-refractivity contribution in [3.63, 3.8) is 0 Å². The predicted octanol–water partition coefficient (Wildman–Crippen LogP) is 4.87. The Morgan fingerprint density at radius 3 is 2.64 bits per heavy atom. The largest absolute Gasteiger partial charge is 0.446 e. The molecular formula is C18H20BrN3O2S. The summed E-state index contributed by atoms with van der Waals surface area (Å²) < 4.78 is 14.1. The Morgan fingerprint density at radius 2 is 1.96 bits per heavy atom. The Morgan fingerprint density at radius 1 is 1.16 bits per heavy atom. The third-order valence-electron chi connectivity index (χ3n) is 3.46. The molecule has 0 bridgehead atoms. The second kappa shape index (κ2) is 8.69. The van der Waals surface area contributed by atoms with Gasteiger partial charge < -0.3 is 9.15 Å². The van der Waals surface area contributed by atoms with Gasteiger partial charge in [0.25, 0.3) is 0 Å². The van der Waals surface area contributed by atoms with Gasteiger partial charge >= 0.3 is 0 Å². The van der Waals surface area contributed by atoms with E-state index >= 15 is 0 Å². The van der Waals surface area contributed by atoms with E-state index < -0.39 is 0 Å². The van der Waals surface area contributed by atoms with E-state index in [0.29, 0.717) is 23.6 Å². The first-order valence-electron chi connectivity index (χ1n) is 8.10. The lowest BCUT2D eigenvalue weighted by atomic mass is 10.2. The molecule has 0 saturated heterocycles. The van der Waals surface area contributed by atoms with Crippen molar-refractivity contribution in [1.29, 1.82) is 0 Å². The molecule has 1 aromatic carbocycles. The first-order valence-corrected chi connectivity index (χ1v) is 9.88. The molecule has 3 rings (SSSR count). The summed E-state index contributed by atoms with van der Waals surface area (Å²) in [6, 6.07) is 14.0. The minimum absolute atomic E-state index is 0.235. The zero-order chi connectivity index (χ0) is 17.6. The normalized spacial score (nSPS) is 11.4. The highest BCUT2D eigenvalue weighted by molar-refractivity contribution is 9.10. The third-order valence-corrected chi connectivity index (χ3v) is 4.82. The van der Waals surface area contributed by atoms with Crippen LogP contribution in [0.15, 0.2) is 56.7 Å². The fraction of sp³-hybridized carbons (Fsp3) is 0.333. The Balaban J connectivity index is 1.83. The van der Waals surface area contributed by atoms with Crippen LogP contribution in [0.4, 0.5) is 0 Å². The average Bonchev–Trinajstić information content (AvgIpc) is 3.19. The number of halogens is 1. The maximum absolute atomic E-state index is 5.68. The van der Waals surface area contributed by atoms with Crippen LogP contribution in [-0.2, 0) is 11.3 Å². The highest BCUT2D eigenvalue weighted by Crippen LogP contribution is 2.28. The number of furan rings is 1. The average molecular weight is 422 g/mol. The standard InChI is InChI=1S/C18H20BrN3O2S/c1-13(2)23-10-11-25-18-21-20-17(15-8-9-16(19)24-15)22(18)12-14-6-4-3-5-7-14/h3-9,13H,10-12H2,1-2H3. The van der Waals surface area contributed by atoms with Crippen LogP contribution in [0.5, 0.6) is 0 Å². The molecule has 0 aliphatic rings. The van der Waals surface area contributed by atoms with Gasteiger partial charge in [0.2, 0.25) is 5.82 Å². The van der Waals surface area contributed by atoms with Crippen molar-refractivity contribution in [3.8, 4) is 11.6 Å². The number of nitrogens with zero attached hydrogens (tertiary/aromatic N) is 3. The first-order chi connectivity index (χ1) is 12.1. The Kier molecular flexibility index (Phi) is 6.34. The second-order valence-electron chi connectivity index (χ2n) is 5.75. The lowest BCUT2D eigenvalue weighted by Gasteiger charge is -2.10. The molecule has 132 valence electrons. The van der Waals surface area contributed by atoms with E-state index in [-0.39, 0.29) is 6.10 Å². The Hall–Kier alpha value is -1.57. The third kappa shape index (κ3) is 4.96. The van der Waals surface area contributed by atoms with Gasteiger partial charge in [-0.25, -0.2) is 0 Å². The summed E-state index contributed by atoms with van der Waals surface area (Å²) in [5.74, 6) is 2.25. The maximum Gasteiger partial charge on any atom is 0.200 e. The predicted molar refractivity (Wildman–Crippen MR) is 103 cm³/mol. The van der Waals surface area contributed by atoms with Crippen molar-refractivity contribution in [2.75, 3.05) is 12.4 Å². The van der Waals surface area contributed by atoms with E-state index in [1.807, 2.05) is 44.2 Å². The van der Waals surface area contributed by atoms with Crippen LogP contribution in [0.2, 0.25) is 0 Å². The van der Waals surface area contributed by atoms with Gasteiger partial charge in [-0.3, -0.25) is 4.57 Å². The Labute approximate surface area is 159 Å². The van der Waals surface area contributed by atoms with Crippen LogP contribution in [0.3, 0.4) is 0 Å². The van der Waals surface area contributed by atoms with Gasteiger partial charge in [-0.2, -0.15) is 0 Å². The highest BCUT2D eigenvalue weighted by Gasteiger charge is 2.17. The number of aromatic nitrogens is 3. The SMILES string of the molecule is CC(C)OCCSc1nnc(-c2ccc(Br)o2)n1Cc1ccccc1. The smallest absolute Gasteiger partial charge is 0.200 e. The molecule has 0 radical (unpaired) electrons. The zero-order valence-corrected chi connectivity index (χ0v) is 16.6. The van der Waals surface area contributed by atoms with Gasteiger partial charge in [-0.1, -0.05) is 42.1 Å². The van der Waals surface area contributed by atoms with Crippen LogP contribution < -0.4 is 0 Å². The van der Waals surface area contributed by atoms with Gasteiger partial charge in [-0.15, -0.1) is 10.2 Å². The van der Waals surface area contributed by atoms with Crippen molar-refractivity contribution < 1.29 is 9.15 Å². The van der Waals surface area contributed by atoms with Crippen molar-refractivity contribution in [2.24, 2.45) is 0 Å². The van der Waals surface area contributed by atoms with Crippen molar-refractivity contribution in [3.05, 3.63) is 52.7 Å². The van der Waals surface area contributed by atoms with Gasteiger partial charge in [0.15, 0.2) is 15.6 Å². The quantitative estimate of drug-likeness (QED) is 0.383. The summed E-state index contributed by atoms with van der Waals surface area (Å²) in [6.07, 6.45) is 0.235. The summed E-state index contributed by atoms with van der Waals surface area (Å²) in [4.78, 5) is 0. The zero-order valence-electron chi connectivity index (χ0n) is 14.2. The lowest BCUT2D eigenvalue weighted by Crippen LogP contribution is -2.07. The molecule has 5 nitrogen and oxygen atoms in total. The van der Waals surface area contributed by atoms with E-state index in [2.05, 4.69) is 42.8 Å². The van der Waals surface area contributed by atoms with Gasteiger partial charge in [0, 0.05) is 5.75 Å². The fourth-order valence-corrected chi connectivity index (χ4v) is 3.41. The lowest BCUT2D eigenvalue weighted by molar-refractivity contribution is 0.0920. The second-order valence-corrected chi connectivity index (χ2v) is 7.59. The van der Waals surface area contributed by atoms with E-state index in [1.54, 1.807) is 11.8 Å². The fourth-order valence-electron chi connectivity index (χ4n) is 2.34. The highest BCUT2D eigenvalue weighted by atomic mass is 79.9. The van der Waals surface area contributed by atoms with Crippen LogP contribution in [0.1, 0.15) is 19.4 Å². The van der Waals surface area contributed by atoms with Crippen LogP contribution in [-0.4, -0.2) is 33.2 Å². The molecule has 2 aromatic heterocycles. The van der Waals surface area contributed by atoms with Crippen LogP contribution in [0, 0.1) is 0 Å². The minimum Gasteiger partial charge on any atom is -0.446 e. The summed E-state index contributed by atoms with van der Waals surface area (Å²) in [6.45, 7) is 5.45. The monoisotopic (exact) mass is 421 g/mol. The number of hydrogen-bond acceptors (Lipinski definition) is 5. The molecule has 0 N–H and O–H groups in total. The molecule has 0 spiro atoms. The first kappa shape index (κ1) is 18.2. The van der Waals surface area contributed by atoms with Crippen LogP contribution >= 0.6 is 27.7 Å². The molecule has 0 aliphatic heterocycles. The summed E-state index contributed by atoms with van der Waals surface area (Å²) in [7, 11) is 0. The molecule has 0 fully saturated rings. The molecule has 0 amide bonds. The van der Waals surface area contributed by atoms with Crippen molar-refractivity contribution >= 4 is 27.7 Å². The maximum atomic E-state index is 5.68. The topological polar surface area (TPSA) is 53.1 Å². The molecule has 0 saturated carbocycles. The minimum atomic E-state index is 0.235. The van der Waals surface area contributed by atoms with Crippen molar-refractivity contribution in [1.82, 2.24) is 14.8 Å².